The van der Waals surface area contributed by atoms with E-state index in [0.717, 1.165) is 12.1 Å². The van der Waals surface area contributed by atoms with Crippen LogP contribution in [0.25, 0.3) is 5.65 Å². The summed E-state index contributed by atoms with van der Waals surface area (Å²) in [4.78, 5) is 3.93. The molecule has 0 spiro atoms. The summed E-state index contributed by atoms with van der Waals surface area (Å²) < 4.78 is 39.1. The van der Waals surface area contributed by atoms with Crippen molar-refractivity contribution in [3.05, 3.63) is 58.8 Å². The van der Waals surface area contributed by atoms with Gasteiger partial charge in [0.15, 0.2) is 5.65 Å². The normalized spacial score (nSPS) is 12.0. The quantitative estimate of drug-likeness (QED) is 0.681. The third-order valence-electron chi connectivity index (χ3n) is 2.98. The van der Waals surface area contributed by atoms with E-state index >= 15 is 0 Å². The Morgan fingerprint density at radius 2 is 1.81 bits per heavy atom. The molecule has 3 aromatic rings. The zero-order valence-corrected chi connectivity index (χ0v) is 11.2. The Morgan fingerprint density at radius 1 is 1.10 bits per heavy atom. The third-order valence-corrected chi connectivity index (χ3v) is 3.19. The lowest BCUT2D eigenvalue weighted by Gasteiger charge is -2.07. The van der Waals surface area contributed by atoms with Crippen LogP contribution >= 0.6 is 11.6 Å². The Kier molecular flexibility index (Phi) is 3.29. The molecule has 2 heterocycles. The monoisotopic (exact) mass is 312 g/mol. The summed E-state index contributed by atoms with van der Waals surface area (Å²) in [5, 5.41) is 8.24. The fourth-order valence-electron chi connectivity index (χ4n) is 1.93. The van der Waals surface area contributed by atoms with Crippen LogP contribution in [0.2, 0.25) is 5.15 Å². The lowest BCUT2D eigenvalue weighted by molar-refractivity contribution is -0.137. The second-order valence-electron chi connectivity index (χ2n) is 4.43. The number of hydrogen-bond donors (Lipinski definition) is 0. The number of aromatic nitrogens is 4. The van der Waals surface area contributed by atoms with Gasteiger partial charge in [0.25, 0.3) is 0 Å². The molecule has 0 saturated heterocycles. The Morgan fingerprint density at radius 3 is 2.48 bits per heavy atom. The maximum Gasteiger partial charge on any atom is 0.416 e. The maximum absolute atomic E-state index is 12.5. The number of halogens is 4. The number of nitrogens with zero attached hydrogens (tertiary/aromatic N) is 4. The predicted molar refractivity (Wildman–Crippen MR) is 70.0 cm³/mol. The first-order chi connectivity index (χ1) is 9.93. The maximum atomic E-state index is 12.5. The summed E-state index contributed by atoms with van der Waals surface area (Å²) in [6.45, 7) is 0. The summed E-state index contributed by atoms with van der Waals surface area (Å²) >= 11 is 5.75. The minimum atomic E-state index is -4.33. The van der Waals surface area contributed by atoms with Gasteiger partial charge in [-0.2, -0.15) is 13.2 Å². The fourth-order valence-corrected chi connectivity index (χ4v) is 2.07. The van der Waals surface area contributed by atoms with Crippen LogP contribution in [0.3, 0.4) is 0 Å². The molecule has 0 amide bonds. The molecule has 8 heteroatoms. The van der Waals surface area contributed by atoms with E-state index in [0.29, 0.717) is 28.6 Å². The second kappa shape index (κ2) is 5.00. The van der Waals surface area contributed by atoms with E-state index in [1.165, 1.54) is 18.5 Å². The minimum absolute atomic E-state index is 0.302. The third kappa shape index (κ3) is 2.82. The Hall–Kier alpha value is -2.15. The molecule has 0 aliphatic heterocycles. The highest BCUT2D eigenvalue weighted by Gasteiger charge is 2.29. The molecule has 0 bridgehead atoms. The van der Waals surface area contributed by atoms with Gasteiger partial charge in [0, 0.05) is 12.5 Å². The molecule has 1 aromatic carbocycles. The molecule has 0 N–H and O–H groups in total. The Balaban J connectivity index is 1.88. The molecule has 0 unspecified atom stereocenters. The standard InChI is InChI=1S/C13H8ClF3N4/c14-10-6-12-20-19-11(21(12)7-18-10)5-8-1-3-9(4-2-8)13(15,16)17/h1-4,6-7H,5H2. The van der Waals surface area contributed by atoms with Gasteiger partial charge in [-0.15, -0.1) is 10.2 Å². The summed E-state index contributed by atoms with van der Waals surface area (Å²) in [6, 6.07) is 6.51. The van der Waals surface area contributed by atoms with Gasteiger partial charge < -0.3 is 0 Å². The van der Waals surface area contributed by atoms with Crippen LogP contribution in [-0.2, 0) is 12.6 Å². The highest BCUT2D eigenvalue weighted by Crippen LogP contribution is 2.29. The van der Waals surface area contributed by atoms with Crippen molar-refractivity contribution in [3.63, 3.8) is 0 Å². The van der Waals surface area contributed by atoms with Gasteiger partial charge >= 0.3 is 6.18 Å². The topological polar surface area (TPSA) is 43.1 Å². The summed E-state index contributed by atoms with van der Waals surface area (Å²) in [7, 11) is 0. The van der Waals surface area contributed by atoms with E-state index in [-0.39, 0.29) is 0 Å². The molecule has 4 nitrogen and oxygen atoms in total. The van der Waals surface area contributed by atoms with Gasteiger partial charge in [0.1, 0.15) is 17.3 Å². The van der Waals surface area contributed by atoms with Crippen LogP contribution in [0.5, 0.6) is 0 Å². The molecule has 21 heavy (non-hydrogen) atoms. The predicted octanol–water partition coefficient (Wildman–Crippen LogP) is 3.39. The van der Waals surface area contributed by atoms with Gasteiger partial charge in [-0.05, 0) is 17.7 Å². The molecular formula is C13H8ClF3N4. The van der Waals surface area contributed by atoms with Gasteiger partial charge in [-0.25, -0.2) is 4.98 Å². The number of benzene rings is 1. The van der Waals surface area contributed by atoms with E-state index in [2.05, 4.69) is 15.2 Å². The minimum Gasteiger partial charge on any atom is -0.269 e. The van der Waals surface area contributed by atoms with Crippen molar-refractivity contribution in [1.82, 2.24) is 19.6 Å². The van der Waals surface area contributed by atoms with Crippen molar-refractivity contribution in [2.24, 2.45) is 0 Å². The highest BCUT2D eigenvalue weighted by molar-refractivity contribution is 6.29. The zero-order valence-electron chi connectivity index (χ0n) is 10.5. The zero-order chi connectivity index (χ0) is 15.0. The summed E-state index contributed by atoms with van der Waals surface area (Å²) in [6.07, 6.45) is -2.50. The average molecular weight is 313 g/mol. The van der Waals surface area contributed by atoms with Crippen LogP contribution < -0.4 is 0 Å². The van der Waals surface area contributed by atoms with Crippen LogP contribution in [0.15, 0.2) is 36.7 Å². The number of hydrogen-bond acceptors (Lipinski definition) is 3. The Labute approximate surface area is 122 Å². The average Bonchev–Trinajstić information content (AvgIpc) is 2.80. The van der Waals surface area contributed by atoms with Crippen molar-refractivity contribution in [3.8, 4) is 0 Å². The smallest absolute Gasteiger partial charge is 0.269 e. The number of rotatable bonds is 2. The molecule has 0 fully saturated rings. The first-order valence-corrected chi connectivity index (χ1v) is 6.32. The number of fused-ring (bicyclic) bond motifs is 1. The molecule has 0 aliphatic rings. The summed E-state index contributed by atoms with van der Waals surface area (Å²) in [5.41, 5.74) is 0.565. The largest absolute Gasteiger partial charge is 0.416 e. The van der Waals surface area contributed by atoms with Crippen molar-refractivity contribution >= 4 is 17.2 Å². The number of alkyl halides is 3. The van der Waals surface area contributed by atoms with Gasteiger partial charge in [-0.1, -0.05) is 23.7 Å². The van der Waals surface area contributed by atoms with Gasteiger partial charge in [0.05, 0.1) is 5.56 Å². The molecule has 108 valence electrons. The molecule has 2 aromatic heterocycles. The van der Waals surface area contributed by atoms with Crippen molar-refractivity contribution < 1.29 is 13.2 Å². The van der Waals surface area contributed by atoms with E-state index in [9.17, 15) is 13.2 Å². The fraction of sp³-hybridized carbons (Fsp3) is 0.154. The lowest BCUT2D eigenvalue weighted by Crippen LogP contribution is -2.05. The van der Waals surface area contributed by atoms with Crippen molar-refractivity contribution in [1.29, 1.82) is 0 Å². The highest BCUT2D eigenvalue weighted by atomic mass is 35.5. The van der Waals surface area contributed by atoms with Gasteiger partial charge in [0.2, 0.25) is 0 Å². The van der Waals surface area contributed by atoms with E-state index in [1.807, 2.05) is 0 Å². The van der Waals surface area contributed by atoms with Crippen molar-refractivity contribution in [2.75, 3.05) is 0 Å². The van der Waals surface area contributed by atoms with Crippen LogP contribution in [0.1, 0.15) is 17.0 Å². The first-order valence-electron chi connectivity index (χ1n) is 5.95. The lowest BCUT2D eigenvalue weighted by atomic mass is 10.1. The van der Waals surface area contributed by atoms with E-state index in [4.69, 9.17) is 11.6 Å². The summed E-state index contributed by atoms with van der Waals surface area (Å²) in [5.74, 6) is 0.578. The van der Waals surface area contributed by atoms with Crippen molar-refractivity contribution in [2.45, 2.75) is 12.6 Å². The molecule has 0 saturated carbocycles. The van der Waals surface area contributed by atoms with Crippen LogP contribution in [0, 0.1) is 0 Å². The molecule has 0 aliphatic carbocycles. The van der Waals surface area contributed by atoms with Crippen LogP contribution in [-0.4, -0.2) is 19.6 Å². The molecule has 3 rings (SSSR count). The SMILES string of the molecule is FC(F)(F)c1ccc(Cc2nnc3cc(Cl)ncn23)cc1. The Bertz CT molecular complexity index is 780. The molecular weight excluding hydrogens is 305 g/mol. The second-order valence-corrected chi connectivity index (χ2v) is 4.81. The van der Waals surface area contributed by atoms with Crippen LogP contribution in [0.4, 0.5) is 13.2 Å². The molecule has 0 atom stereocenters. The molecule has 0 radical (unpaired) electrons. The first kappa shape index (κ1) is 13.8. The van der Waals surface area contributed by atoms with E-state index in [1.54, 1.807) is 10.5 Å². The van der Waals surface area contributed by atoms with E-state index < -0.39 is 11.7 Å². The van der Waals surface area contributed by atoms with Gasteiger partial charge in [-0.3, -0.25) is 4.40 Å².